The molecule has 4 nitrogen and oxygen atoms in total. The van der Waals surface area contributed by atoms with Crippen LogP contribution < -0.4 is 4.90 Å². The van der Waals surface area contributed by atoms with Crippen LogP contribution in [0.25, 0.3) is 0 Å². The van der Waals surface area contributed by atoms with E-state index in [0.717, 1.165) is 15.7 Å². The normalized spacial score (nSPS) is 17.8. The van der Waals surface area contributed by atoms with Gasteiger partial charge < -0.3 is 9.80 Å². The SMILES string of the molecule is Cc1ccc(N2CCN(C(=O)c3cccc(Br)c3)C(C)C2=O)c(C)c1. The van der Waals surface area contributed by atoms with Gasteiger partial charge in [0.05, 0.1) is 0 Å². The van der Waals surface area contributed by atoms with Crippen LogP contribution in [0.5, 0.6) is 0 Å². The summed E-state index contributed by atoms with van der Waals surface area (Å²) in [5.74, 6) is -0.149. The summed E-state index contributed by atoms with van der Waals surface area (Å²) in [6, 6.07) is 12.9. The topological polar surface area (TPSA) is 40.6 Å². The van der Waals surface area contributed by atoms with Gasteiger partial charge in [0.2, 0.25) is 5.91 Å². The molecular weight excluding hydrogens is 380 g/mol. The van der Waals surface area contributed by atoms with Crippen LogP contribution in [-0.4, -0.2) is 35.8 Å². The average molecular weight is 401 g/mol. The Kier molecular flexibility index (Phi) is 4.95. The molecule has 0 N–H and O–H groups in total. The zero-order valence-corrected chi connectivity index (χ0v) is 16.2. The van der Waals surface area contributed by atoms with Crippen molar-refractivity contribution < 1.29 is 9.59 Å². The fraction of sp³-hybridized carbons (Fsp3) is 0.300. The van der Waals surface area contributed by atoms with Crippen molar-refractivity contribution in [1.82, 2.24) is 4.90 Å². The van der Waals surface area contributed by atoms with E-state index in [1.165, 1.54) is 5.56 Å². The Bertz CT molecular complexity index is 834. The molecule has 1 fully saturated rings. The highest BCUT2D eigenvalue weighted by molar-refractivity contribution is 9.10. The third kappa shape index (κ3) is 3.47. The van der Waals surface area contributed by atoms with Gasteiger partial charge in [0, 0.05) is 28.8 Å². The number of aryl methyl sites for hydroxylation is 2. The lowest BCUT2D eigenvalue weighted by atomic mass is 10.1. The lowest BCUT2D eigenvalue weighted by Crippen LogP contribution is -2.57. The first-order valence-electron chi connectivity index (χ1n) is 8.33. The van der Waals surface area contributed by atoms with Crippen molar-refractivity contribution in [3.63, 3.8) is 0 Å². The Balaban J connectivity index is 1.83. The van der Waals surface area contributed by atoms with Crippen molar-refractivity contribution in [3.05, 3.63) is 63.6 Å². The van der Waals surface area contributed by atoms with Crippen LogP contribution >= 0.6 is 15.9 Å². The van der Waals surface area contributed by atoms with Gasteiger partial charge in [-0.15, -0.1) is 0 Å². The lowest BCUT2D eigenvalue weighted by molar-refractivity contribution is -0.124. The standard InChI is InChI=1S/C20H21BrN2O2/c1-13-7-8-18(14(2)11-13)23-10-9-22(15(3)19(23)24)20(25)16-5-4-6-17(21)12-16/h4-8,11-12,15H,9-10H2,1-3H3. The van der Waals surface area contributed by atoms with Crippen LogP contribution in [0.3, 0.4) is 0 Å². The number of rotatable bonds is 2. The summed E-state index contributed by atoms with van der Waals surface area (Å²) < 4.78 is 0.853. The van der Waals surface area contributed by atoms with E-state index < -0.39 is 6.04 Å². The van der Waals surface area contributed by atoms with Gasteiger partial charge in [0.1, 0.15) is 6.04 Å². The monoisotopic (exact) mass is 400 g/mol. The number of carbonyl (C=O) groups is 2. The van der Waals surface area contributed by atoms with E-state index >= 15 is 0 Å². The highest BCUT2D eigenvalue weighted by Gasteiger charge is 2.35. The quantitative estimate of drug-likeness (QED) is 0.765. The zero-order valence-electron chi connectivity index (χ0n) is 14.6. The molecule has 5 heteroatoms. The Morgan fingerprint density at radius 2 is 1.88 bits per heavy atom. The molecule has 1 aliphatic rings. The summed E-state index contributed by atoms with van der Waals surface area (Å²) in [4.78, 5) is 29.1. The molecule has 1 aliphatic heterocycles. The summed E-state index contributed by atoms with van der Waals surface area (Å²) in [6.07, 6.45) is 0. The number of hydrogen-bond donors (Lipinski definition) is 0. The maximum atomic E-state index is 12.9. The van der Waals surface area contributed by atoms with Gasteiger partial charge in [-0.25, -0.2) is 0 Å². The molecule has 1 saturated heterocycles. The summed E-state index contributed by atoms with van der Waals surface area (Å²) >= 11 is 3.39. The number of benzene rings is 2. The van der Waals surface area contributed by atoms with Gasteiger partial charge in [-0.05, 0) is 50.6 Å². The summed E-state index contributed by atoms with van der Waals surface area (Å²) in [5.41, 5.74) is 3.77. The molecular formula is C20H21BrN2O2. The van der Waals surface area contributed by atoms with Crippen LogP contribution in [0.4, 0.5) is 5.69 Å². The van der Waals surface area contributed by atoms with E-state index in [9.17, 15) is 9.59 Å². The number of anilines is 1. The maximum Gasteiger partial charge on any atom is 0.254 e. The van der Waals surface area contributed by atoms with E-state index in [1.807, 2.05) is 38.1 Å². The minimum Gasteiger partial charge on any atom is -0.325 e. The average Bonchev–Trinajstić information content (AvgIpc) is 2.57. The van der Waals surface area contributed by atoms with E-state index in [4.69, 9.17) is 0 Å². The molecule has 0 saturated carbocycles. The molecule has 0 bridgehead atoms. The van der Waals surface area contributed by atoms with Crippen molar-refractivity contribution in [1.29, 1.82) is 0 Å². The van der Waals surface area contributed by atoms with Gasteiger partial charge in [0.15, 0.2) is 0 Å². The predicted molar refractivity (Wildman–Crippen MR) is 103 cm³/mol. The second-order valence-corrected chi connectivity index (χ2v) is 7.38. The molecule has 0 spiro atoms. The summed E-state index contributed by atoms with van der Waals surface area (Å²) in [5, 5.41) is 0. The van der Waals surface area contributed by atoms with E-state index in [1.54, 1.807) is 28.9 Å². The van der Waals surface area contributed by atoms with E-state index in [2.05, 4.69) is 22.0 Å². The fourth-order valence-electron chi connectivity index (χ4n) is 3.28. The molecule has 2 aromatic carbocycles. The van der Waals surface area contributed by atoms with Crippen molar-refractivity contribution in [2.24, 2.45) is 0 Å². The van der Waals surface area contributed by atoms with Gasteiger partial charge in [-0.2, -0.15) is 0 Å². The van der Waals surface area contributed by atoms with E-state index in [-0.39, 0.29) is 11.8 Å². The number of hydrogen-bond acceptors (Lipinski definition) is 2. The molecule has 2 amide bonds. The van der Waals surface area contributed by atoms with Crippen LogP contribution in [0.15, 0.2) is 46.9 Å². The van der Waals surface area contributed by atoms with Gasteiger partial charge >= 0.3 is 0 Å². The molecule has 1 heterocycles. The van der Waals surface area contributed by atoms with Gasteiger partial charge in [-0.1, -0.05) is 39.7 Å². The summed E-state index contributed by atoms with van der Waals surface area (Å²) in [7, 11) is 0. The van der Waals surface area contributed by atoms with Crippen molar-refractivity contribution in [2.45, 2.75) is 26.8 Å². The lowest BCUT2D eigenvalue weighted by Gasteiger charge is -2.39. The molecule has 3 rings (SSSR count). The smallest absolute Gasteiger partial charge is 0.254 e. The minimum absolute atomic E-state index is 0.0402. The highest BCUT2D eigenvalue weighted by atomic mass is 79.9. The third-order valence-corrected chi connectivity index (χ3v) is 5.12. The van der Waals surface area contributed by atoms with Crippen molar-refractivity contribution in [3.8, 4) is 0 Å². The third-order valence-electron chi connectivity index (χ3n) is 4.63. The number of amides is 2. The van der Waals surface area contributed by atoms with Crippen LogP contribution in [0.2, 0.25) is 0 Å². The predicted octanol–water partition coefficient (Wildman–Crippen LogP) is 3.94. The van der Waals surface area contributed by atoms with Crippen molar-refractivity contribution in [2.75, 3.05) is 18.0 Å². The molecule has 130 valence electrons. The largest absolute Gasteiger partial charge is 0.325 e. The first-order chi connectivity index (χ1) is 11.9. The van der Waals surface area contributed by atoms with Gasteiger partial charge in [0.25, 0.3) is 5.91 Å². The second-order valence-electron chi connectivity index (χ2n) is 6.46. The Hall–Kier alpha value is -2.14. The molecule has 2 aromatic rings. The zero-order chi connectivity index (χ0) is 18.1. The first-order valence-corrected chi connectivity index (χ1v) is 9.13. The molecule has 25 heavy (non-hydrogen) atoms. The number of carbonyl (C=O) groups excluding carboxylic acids is 2. The van der Waals surface area contributed by atoms with Gasteiger partial charge in [-0.3, -0.25) is 9.59 Å². The molecule has 0 aliphatic carbocycles. The Labute approximate surface area is 156 Å². The van der Waals surface area contributed by atoms with Crippen LogP contribution in [0.1, 0.15) is 28.4 Å². The summed E-state index contributed by atoms with van der Waals surface area (Å²) in [6.45, 7) is 6.88. The number of nitrogens with zero attached hydrogens (tertiary/aromatic N) is 2. The fourth-order valence-corrected chi connectivity index (χ4v) is 3.68. The minimum atomic E-state index is -0.485. The highest BCUT2D eigenvalue weighted by Crippen LogP contribution is 2.26. The molecule has 1 unspecified atom stereocenters. The van der Waals surface area contributed by atoms with Crippen molar-refractivity contribution >= 4 is 33.4 Å². The molecule has 1 atom stereocenters. The molecule has 0 radical (unpaired) electrons. The van der Waals surface area contributed by atoms with Crippen LogP contribution in [-0.2, 0) is 4.79 Å². The maximum absolute atomic E-state index is 12.9. The number of halogens is 1. The molecule has 0 aromatic heterocycles. The van der Waals surface area contributed by atoms with E-state index in [0.29, 0.717) is 18.7 Å². The second kappa shape index (κ2) is 7.00. The van der Waals surface area contributed by atoms with Crippen LogP contribution in [0, 0.1) is 13.8 Å². The Morgan fingerprint density at radius 1 is 1.12 bits per heavy atom. The number of piperazine rings is 1. The Morgan fingerprint density at radius 3 is 2.56 bits per heavy atom. The first kappa shape index (κ1) is 17.7.